The predicted molar refractivity (Wildman–Crippen MR) is 70.2 cm³/mol. The van der Waals surface area contributed by atoms with Crippen LogP contribution in [0.3, 0.4) is 0 Å². The van der Waals surface area contributed by atoms with Gasteiger partial charge in [-0.1, -0.05) is 23.3 Å². The number of aromatic hydroxyl groups is 2. The summed E-state index contributed by atoms with van der Waals surface area (Å²) in [7, 11) is 0. The summed E-state index contributed by atoms with van der Waals surface area (Å²) in [6.45, 7) is 6.76. The van der Waals surface area contributed by atoms with Gasteiger partial charge in [0.05, 0.1) is 0 Å². The fourth-order valence-electron chi connectivity index (χ4n) is 1.57. The average molecular weight is 235 g/mol. The number of nitrogens with zero attached hydrogens (tertiary/aromatic N) is 1. The van der Waals surface area contributed by atoms with E-state index in [9.17, 15) is 10.2 Å². The molecule has 0 radical (unpaired) electrons. The molecule has 0 saturated carbocycles. The van der Waals surface area contributed by atoms with Gasteiger partial charge in [-0.25, -0.2) is 0 Å². The van der Waals surface area contributed by atoms with Gasteiger partial charge in [0.15, 0.2) is 11.8 Å². The minimum absolute atomic E-state index is 0.0934. The summed E-state index contributed by atoms with van der Waals surface area (Å²) in [4.78, 5) is 0. The van der Waals surface area contributed by atoms with Crippen molar-refractivity contribution < 1.29 is 10.2 Å². The van der Waals surface area contributed by atoms with Gasteiger partial charge in [-0.3, -0.25) is 4.57 Å². The largest absolute Gasteiger partial charge is 0.494 e. The van der Waals surface area contributed by atoms with Crippen LogP contribution in [0.5, 0.6) is 11.8 Å². The lowest BCUT2D eigenvalue weighted by atomic mass is 10.1. The summed E-state index contributed by atoms with van der Waals surface area (Å²) in [5.41, 5.74) is 2.59. The third-order valence-electron chi connectivity index (χ3n) is 2.65. The van der Waals surface area contributed by atoms with E-state index in [1.54, 1.807) is 0 Å². The maximum absolute atomic E-state index is 9.46. The van der Waals surface area contributed by atoms with E-state index in [1.807, 2.05) is 6.08 Å². The Kier molecular flexibility index (Phi) is 4.88. The molecule has 0 saturated heterocycles. The highest BCUT2D eigenvalue weighted by Crippen LogP contribution is 2.21. The Bertz CT molecular complexity index is 404. The molecular weight excluding hydrogens is 214 g/mol. The van der Waals surface area contributed by atoms with Gasteiger partial charge in [0.2, 0.25) is 0 Å². The van der Waals surface area contributed by atoms with E-state index in [2.05, 4.69) is 26.8 Å². The van der Waals surface area contributed by atoms with Crippen LogP contribution in [-0.2, 0) is 6.54 Å². The third-order valence-corrected chi connectivity index (χ3v) is 2.65. The number of rotatable bonds is 5. The van der Waals surface area contributed by atoms with Crippen molar-refractivity contribution in [2.24, 2.45) is 0 Å². The number of hydrogen-bond donors (Lipinski definition) is 2. The molecule has 0 atom stereocenters. The Balaban J connectivity index is 2.51. The summed E-state index contributed by atoms with van der Waals surface area (Å²) < 4.78 is 1.46. The first-order valence-electron chi connectivity index (χ1n) is 5.87. The van der Waals surface area contributed by atoms with Crippen molar-refractivity contribution in [2.75, 3.05) is 0 Å². The van der Waals surface area contributed by atoms with Gasteiger partial charge in [0.25, 0.3) is 0 Å². The molecule has 2 N–H and O–H groups in total. The Morgan fingerprint density at radius 1 is 1.12 bits per heavy atom. The monoisotopic (exact) mass is 235 g/mol. The normalized spacial score (nSPS) is 11.6. The first-order valence-corrected chi connectivity index (χ1v) is 5.87. The summed E-state index contributed by atoms with van der Waals surface area (Å²) in [5, 5.41) is 18.9. The van der Waals surface area contributed by atoms with Crippen LogP contribution in [-0.4, -0.2) is 14.8 Å². The second-order valence-electron chi connectivity index (χ2n) is 4.53. The lowest BCUT2D eigenvalue weighted by Gasteiger charge is -2.04. The molecule has 0 bridgehead atoms. The van der Waals surface area contributed by atoms with Crippen LogP contribution >= 0.6 is 0 Å². The zero-order valence-electron chi connectivity index (χ0n) is 10.8. The van der Waals surface area contributed by atoms with E-state index in [4.69, 9.17) is 0 Å². The molecule has 0 aromatic carbocycles. The van der Waals surface area contributed by atoms with Crippen molar-refractivity contribution in [2.45, 2.75) is 40.2 Å². The highest BCUT2D eigenvalue weighted by atomic mass is 16.3. The fraction of sp³-hybridized carbons (Fsp3) is 0.429. The minimum Gasteiger partial charge on any atom is -0.494 e. The highest BCUT2D eigenvalue weighted by Gasteiger charge is 2.03. The quantitative estimate of drug-likeness (QED) is 0.766. The summed E-state index contributed by atoms with van der Waals surface area (Å²) in [6.07, 6.45) is 6.28. The van der Waals surface area contributed by atoms with Crippen molar-refractivity contribution in [1.29, 1.82) is 0 Å². The molecule has 3 nitrogen and oxygen atoms in total. The van der Waals surface area contributed by atoms with E-state index in [0.717, 1.165) is 12.8 Å². The van der Waals surface area contributed by atoms with Crippen LogP contribution in [0.4, 0.5) is 0 Å². The summed E-state index contributed by atoms with van der Waals surface area (Å²) >= 11 is 0. The Morgan fingerprint density at radius 2 is 1.71 bits per heavy atom. The molecule has 1 aromatic heterocycles. The minimum atomic E-state index is 0.0934. The van der Waals surface area contributed by atoms with Gasteiger partial charge in [-0.05, 0) is 33.6 Å². The molecule has 0 unspecified atom stereocenters. The van der Waals surface area contributed by atoms with Gasteiger partial charge in [-0.15, -0.1) is 0 Å². The number of aromatic nitrogens is 1. The van der Waals surface area contributed by atoms with Gasteiger partial charge >= 0.3 is 0 Å². The second-order valence-corrected chi connectivity index (χ2v) is 4.53. The average Bonchev–Trinajstić information content (AvgIpc) is 2.55. The van der Waals surface area contributed by atoms with Crippen LogP contribution in [0.2, 0.25) is 0 Å². The molecule has 0 fully saturated rings. The standard InChI is InChI=1S/C14H21NO2/c1-11(2)5-4-6-12(3)9-10-15-13(16)7-8-14(15)17/h5,7-9,16-17H,4,6,10H2,1-3H3. The molecule has 1 aromatic rings. The van der Waals surface area contributed by atoms with E-state index in [-0.39, 0.29) is 11.8 Å². The van der Waals surface area contributed by atoms with Crippen LogP contribution in [0.15, 0.2) is 35.4 Å². The van der Waals surface area contributed by atoms with Crippen LogP contribution in [0.1, 0.15) is 33.6 Å². The molecule has 0 spiro atoms. The topological polar surface area (TPSA) is 45.4 Å². The molecular formula is C14H21NO2. The second kappa shape index (κ2) is 6.18. The molecule has 17 heavy (non-hydrogen) atoms. The predicted octanol–water partition coefficient (Wildman–Crippen LogP) is 3.59. The molecule has 3 heteroatoms. The SMILES string of the molecule is CC(C)=CCCC(C)=CCn1c(O)ccc1O. The lowest BCUT2D eigenvalue weighted by Crippen LogP contribution is -1.94. The zero-order chi connectivity index (χ0) is 12.8. The molecule has 0 aliphatic rings. The van der Waals surface area contributed by atoms with Crippen molar-refractivity contribution in [1.82, 2.24) is 4.57 Å². The third kappa shape index (κ3) is 4.39. The summed E-state index contributed by atoms with van der Waals surface area (Å²) in [6, 6.07) is 2.98. The highest BCUT2D eigenvalue weighted by molar-refractivity contribution is 5.24. The van der Waals surface area contributed by atoms with Crippen molar-refractivity contribution >= 4 is 0 Å². The first-order chi connectivity index (χ1) is 8.00. The van der Waals surface area contributed by atoms with Crippen LogP contribution in [0.25, 0.3) is 0 Å². The lowest BCUT2D eigenvalue weighted by molar-refractivity contribution is 0.378. The molecule has 1 rings (SSSR count). The van der Waals surface area contributed by atoms with Crippen molar-refractivity contribution in [3.63, 3.8) is 0 Å². The molecule has 0 amide bonds. The van der Waals surface area contributed by atoms with Crippen molar-refractivity contribution in [3.05, 3.63) is 35.4 Å². The van der Waals surface area contributed by atoms with Gasteiger partial charge in [-0.2, -0.15) is 0 Å². The van der Waals surface area contributed by atoms with Gasteiger partial charge in [0, 0.05) is 18.7 Å². The van der Waals surface area contributed by atoms with E-state index in [0.29, 0.717) is 6.54 Å². The summed E-state index contributed by atoms with van der Waals surface area (Å²) in [5.74, 6) is 0.187. The van der Waals surface area contributed by atoms with Gasteiger partial charge < -0.3 is 10.2 Å². The smallest absolute Gasteiger partial charge is 0.194 e. The molecule has 0 aliphatic heterocycles. The zero-order valence-corrected chi connectivity index (χ0v) is 10.8. The van der Waals surface area contributed by atoms with E-state index < -0.39 is 0 Å². The van der Waals surface area contributed by atoms with Crippen LogP contribution < -0.4 is 0 Å². The Hall–Kier alpha value is -1.64. The Morgan fingerprint density at radius 3 is 2.24 bits per heavy atom. The number of hydrogen-bond acceptors (Lipinski definition) is 2. The fourth-order valence-corrected chi connectivity index (χ4v) is 1.57. The molecule has 1 heterocycles. The molecule has 94 valence electrons. The maximum Gasteiger partial charge on any atom is 0.194 e. The Labute approximate surface area is 103 Å². The van der Waals surface area contributed by atoms with Gasteiger partial charge in [0.1, 0.15) is 0 Å². The number of allylic oxidation sites excluding steroid dienone is 4. The van der Waals surface area contributed by atoms with Crippen molar-refractivity contribution in [3.8, 4) is 11.8 Å². The van der Waals surface area contributed by atoms with E-state index >= 15 is 0 Å². The van der Waals surface area contributed by atoms with E-state index in [1.165, 1.54) is 27.8 Å². The maximum atomic E-state index is 9.46. The molecule has 0 aliphatic carbocycles. The first kappa shape index (κ1) is 13.4. The van der Waals surface area contributed by atoms with Crippen LogP contribution in [0, 0.1) is 0 Å².